The SMILES string of the molecule is Cc1nc2c(s1)CCC[C@H]2CNC(=O)c1scnc1C. The van der Waals surface area contributed by atoms with Gasteiger partial charge in [-0.05, 0) is 33.1 Å². The fourth-order valence-corrected chi connectivity index (χ4v) is 4.43. The molecule has 0 fully saturated rings. The van der Waals surface area contributed by atoms with E-state index in [0.717, 1.165) is 28.4 Å². The number of carbonyl (C=O) groups is 1. The first-order valence-corrected chi connectivity index (χ1v) is 8.49. The summed E-state index contributed by atoms with van der Waals surface area (Å²) in [6.45, 7) is 4.60. The van der Waals surface area contributed by atoms with Gasteiger partial charge in [0.1, 0.15) is 4.88 Å². The van der Waals surface area contributed by atoms with Crippen LogP contribution in [0.25, 0.3) is 0 Å². The van der Waals surface area contributed by atoms with Crippen LogP contribution < -0.4 is 5.32 Å². The van der Waals surface area contributed by atoms with E-state index >= 15 is 0 Å². The molecule has 0 aliphatic heterocycles. The monoisotopic (exact) mass is 307 g/mol. The summed E-state index contributed by atoms with van der Waals surface area (Å²) in [4.78, 5) is 23.0. The molecule has 3 rings (SSSR count). The molecule has 2 aromatic heterocycles. The van der Waals surface area contributed by atoms with Gasteiger partial charge in [0.25, 0.3) is 5.91 Å². The Bertz CT molecular complexity index is 632. The number of hydrogen-bond donors (Lipinski definition) is 1. The van der Waals surface area contributed by atoms with Gasteiger partial charge in [-0.15, -0.1) is 22.7 Å². The van der Waals surface area contributed by atoms with Gasteiger partial charge >= 0.3 is 0 Å². The minimum Gasteiger partial charge on any atom is -0.351 e. The molecule has 0 unspecified atom stereocenters. The first-order chi connectivity index (χ1) is 9.65. The molecule has 1 aliphatic rings. The Labute approximate surface area is 126 Å². The van der Waals surface area contributed by atoms with Gasteiger partial charge < -0.3 is 5.32 Å². The molecule has 1 atom stereocenters. The highest BCUT2D eigenvalue weighted by Gasteiger charge is 2.24. The van der Waals surface area contributed by atoms with Crippen molar-refractivity contribution in [2.45, 2.75) is 39.0 Å². The molecule has 106 valence electrons. The number of aromatic nitrogens is 2. The van der Waals surface area contributed by atoms with Crippen molar-refractivity contribution in [2.75, 3.05) is 6.54 Å². The maximum atomic E-state index is 12.1. The van der Waals surface area contributed by atoms with Crippen LogP contribution in [0.5, 0.6) is 0 Å². The number of rotatable bonds is 3. The van der Waals surface area contributed by atoms with Crippen LogP contribution in [0.15, 0.2) is 5.51 Å². The number of nitrogens with one attached hydrogen (secondary N) is 1. The lowest BCUT2D eigenvalue weighted by molar-refractivity contribution is 0.0953. The Morgan fingerprint density at radius 1 is 1.50 bits per heavy atom. The second kappa shape index (κ2) is 5.61. The third kappa shape index (κ3) is 2.62. The molecule has 6 heteroatoms. The van der Waals surface area contributed by atoms with Crippen molar-refractivity contribution in [1.82, 2.24) is 15.3 Å². The highest BCUT2D eigenvalue weighted by Crippen LogP contribution is 2.34. The van der Waals surface area contributed by atoms with Crippen LogP contribution in [-0.2, 0) is 6.42 Å². The van der Waals surface area contributed by atoms with Crippen molar-refractivity contribution in [2.24, 2.45) is 0 Å². The molecule has 0 radical (unpaired) electrons. The van der Waals surface area contributed by atoms with E-state index in [9.17, 15) is 4.79 Å². The Hall–Kier alpha value is -1.27. The van der Waals surface area contributed by atoms with E-state index in [-0.39, 0.29) is 5.91 Å². The van der Waals surface area contributed by atoms with Gasteiger partial charge in [-0.2, -0.15) is 0 Å². The Morgan fingerprint density at radius 2 is 2.35 bits per heavy atom. The van der Waals surface area contributed by atoms with Crippen molar-refractivity contribution in [3.63, 3.8) is 0 Å². The Morgan fingerprint density at radius 3 is 3.10 bits per heavy atom. The van der Waals surface area contributed by atoms with Gasteiger partial charge in [-0.3, -0.25) is 4.79 Å². The molecule has 0 spiro atoms. The predicted octanol–water partition coefficient (Wildman–Crippen LogP) is 3.07. The molecule has 2 heterocycles. The van der Waals surface area contributed by atoms with E-state index in [1.165, 1.54) is 28.3 Å². The van der Waals surface area contributed by atoms with E-state index < -0.39 is 0 Å². The van der Waals surface area contributed by atoms with Gasteiger partial charge in [-0.25, -0.2) is 9.97 Å². The van der Waals surface area contributed by atoms with Crippen molar-refractivity contribution in [3.8, 4) is 0 Å². The first kappa shape index (κ1) is 13.7. The summed E-state index contributed by atoms with van der Waals surface area (Å²) in [5.74, 6) is 0.352. The van der Waals surface area contributed by atoms with Crippen molar-refractivity contribution in [3.05, 3.63) is 31.7 Å². The summed E-state index contributed by atoms with van der Waals surface area (Å²) >= 11 is 3.19. The second-order valence-corrected chi connectivity index (χ2v) is 7.25. The average Bonchev–Trinajstić information content (AvgIpc) is 3.00. The molecule has 0 aromatic carbocycles. The maximum Gasteiger partial charge on any atom is 0.263 e. The van der Waals surface area contributed by atoms with Crippen molar-refractivity contribution < 1.29 is 4.79 Å². The minimum atomic E-state index is -0.0101. The number of fused-ring (bicyclic) bond motifs is 1. The summed E-state index contributed by atoms with van der Waals surface area (Å²) < 4.78 is 0. The minimum absolute atomic E-state index is 0.0101. The Kier molecular flexibility index (Phi) is 3.85. The number of thiazole rings is 2. The number of amides is 1. The maximum absolute atomic E-state index is 12.1. The van der Waals surface area contributed by atoms with Crippen LogP contribution >= 0.6 is 22.7 Å². The zero-order valence-electron chi connectivity index (χ0n) is 11.6. The van der Waals surface area contributed by atoms with Crippen LogP contribution in [0.2, 0.25) is 0 Å². The third-order valence-corrected chi connectivity index (χ3v) is 5.61. The quantitative estimate of drug-likeness (QED) is 0.948. The lowest BCUT2D eigenvalue weighted by Gasteiger charge is -2.21. The molecule has 2 aromatic rings. The fraction of sp³-hybridized carbons (Fsp3) is 0.500. The molecule has 0 saturated heterocycles. The normalized spacial score (nSPS) is 17.8. The zero-order valence-corrected chi connectivity index (χ0v) is 13.2. The lowest BCUT2D eigenvalue weighted by Crippen LogP contribution is -2.29. The van der Waals surface area contributed by atoms with Gasteiger partial charge in [-0.1, -0.05) is 0 Å². The average molecular weight is 307 g/mol. The molecule has 4 nitrogen and oxygen atoms in total. The second-order valence-electron chi connectivity index (χ2n) is 5.11. The predicted molar refractivity (Wildman–Crippen MR) is 81.7 cm³/mol. The van der Waals surface area contributed by atoms with Crippen LogP contribution in [0, 0.1) is 13.8 Å². The smallest absolute Gasteiger partial charge is 0.263 e. The molecule has 0 bridgehead atoms. The van der Waals surface area contributed by atoms with E-state index in [0.29, 0.717) is 12.5 Å². The van der Waals surface area contributed by atoms with E-state index in [4.69, 9.17) is 0 Å². The van der Waals surface area contributed by atoms with Gasteiger partial charge in [0.05, 0.1) is 21.9 Å². The van der Waals surface area contributed by atoms with Gasteiger partial charge in [0, 0.05) is 17.3 Å². The van der Waals surface area contributed by atoms with E-state index in [2.05, 4.69) is 22.2 Å². The summed E-state index contributed by atoms with van der Waals surface area (Å²) in [5.41, 5.74) is 3.73. The number of hydrogen-bond acceptors (Lipinski definition) is 5. The summed E-state index contributed by atoms with van der Waals surface area (Å²) in [5, 5.41) is 4.17. The van der Waals surface area contributed by atoms with Crippen molar-refractivity contribution in [1.29, 1.82) is 0 Å². The highest BCUT2D eigenvalue weighted by molar-refractivity contribution is 7.12. The zero-order chi connectivity index (χ0) is 14.1. The number of aryl methyl sites for hydroxylation is 3. The number of nitrogens with zero attached hydrogens (tertiary/aromatic N) is 2. The van der Waals surface area contributed by atoms with Crippen LogP contribution in [0.1, 0.15) is 49.7 Å². The topological polar surface area (TPSA) is 54.9 Å². The first-order valence-electron chi connectivity index (χ1n) is 6.79. The molecule has 1 N–H and O–H groups in total. The molecule has 0 saturated carbocycles. The summed E-state index contributed by atoms with van der Waals surface area (Å²) in [7, 11) is 0. The molecule has 20 heavy (non-hydrogen) atoms. The van der Waals surface area contributed by atoms with Crippen molar-refractivity contribution >= 4 is 28.6 Å². The van der Waals surface area contributed by atoms with E-state index in [1.807, 2.05) is 6.92 Å². The van der Waals surface area contributed by atoms with E-state index in [1.54, 1.807) is 16.8 Å². The summed E-state index contributed by atoms with van der Waals surface area (Å²) in [6.07, 6.45) is 3.44. The largest absolute Gasteiger partial charge is 0.351 e. The lowest BCUT2D eigenvalue weighted by atomic mass is 9.91. The highest BCUT2D eigenvalue weighted by atomic mass is 32.1. The van der Waals surface area contributed by atoms with Gasteiger partial charge in [0.15, 0.2) is 0 Å². The van der Waals surface area contributed by atoms with Gasteiger partial charge in [0.2, 0.25) is 0 Å². The van der Waals surface area contributed by atoms with Crippen LogP contribution in [0.3, 0.4) is 0 Å². The standard InChI is InChI=1S/C14H17N3OS2/c1-8-13(19-7-16-8)14(18)15-6-10-4-3-5-11-12(10)17-9(2)20-11/h7,10H,3-6H2,1-2H3,(H,15,18)/t10-/m0/s1. The molecular formula is C14H17N3OS2. The van der Waals surface area contributed by atoms with Crippen LogP contribution in [-0.4, -0.2) is 22.4 Å². The molecule has 1 aliphatic carbocycles. The van der Waals surface area contributed by atoms with Crippen LogP contribution in [0.4, 0.5) is 0 Å². The third-order valence-electron chi connectivity index (χ3n) is 3.64. The molecule has 1 amide bonds. The number of carbonyl (C=O) groups excluding carboxylic acids is 1. The Balaban J connectivity index is 1.68. The fourth-order valence-electron chi connectivity index (χ4n) is 2.64. The summed E-state index contributed by atoms with van der Waals surface area (Å²) in [6, 6.07) is 0. The molecular weight excluding hydrogens is 290 g/mol.